The van der Waals surface area contributed by atoms with Gasteiger partial charge in [-0.3, -0.25) is 19.3 Å². The Morgan fingerprint density at radius 2 is 1.64 bits per heavy atom. The largest absolute Gasteiger partial charge is 0.510 e. The van der Waals surface area contributed by atoms with E-state index in [0.29, 0.717) is 5.56 Å². The number of aliphatic hydroxyl groups excluding tert-OH is 2. The van der Waals surface area contributed by atoms with Gasteiger partial charge in [-0.25, -0.2) is 0 Å². The van der Waals surface area contributed by atoms with Crippen molar-refractivity contribution in [3.63, 3.8) is 0 Å². The van der Waals surface area contributed by atoms with Crippen LogP contribution in [-0.4, -0.2) is 82.6 Å². The number of hydrogen-bond donors (Lipinski definition) is 5. The number of aliphatic hydroxyl groups is 3. The van der Waals surface area contributed by atoms with E-state index < -0.39 is 58.0 Å². The molecular formula is C29H31N3O7. The number of anilines is 1. The number of carbonyl (C=O) groups is 3. The van der Waals surface area contributed by atoms with Crippen molar-refractivity contribution in [3.05, 3.63) is 70.2 Å². The number of likely N-dealkylation sites (N-methyl/N-ethyl adjacent to an activating group) is 1. The van der Waals surface area contributed by atoms with Crippen LogP contribution in [-0.2, 0) is 16.0 Å². The highest BCUT2D eigenvalue weighted by atomic mass is 16.3. The second kappa shape index (κ2) is 8.96. The number of primary amides is 1. The molecule has 0 radical (unpaired) electrons. The number of nitrogens with two attached hydrogens (primary N) is 1. The number of ketones is 2. The number of carbonyl (C=O) groups excluding carboxylic acids is 3. The third-order valence-corrected chi connectivity index (χ3v) is 8.30. The van der Waals surface area contributed by atoms with Crippen LogP contribution >= 0.6 is 0 Å². The predicted molar refractivity (Wildman–Crippen MR) is 143 cm³/mol. The topological polar surface area (TPSA) is 165 Å². The van der Waals surface area contributed by atoms with Gasteiger partial charge in [0, 0.05) is 31.3 Å². The van der Waals surface area contributed by atoms with Crippen molar-refractivity contribution >= 4 is 23.2 Å². The summed E-state index contributed by atoms with van der Waals surface area (Å²) in [7, 11) is 7.05. The Hall–Kier alpha value is -4.15. The highest BCUT2D eigenvalue weighted by molar-refractivity contribution is 6.24. The molecule has 0 saturated heterocycles. The number of phenolic OH excluding ortho intramolecular Hbond substituents is 1. The second-order valence-electron chi connectivity index (χ2n) is 10.9. The summed E-state index contributed by atoms with van der Waals surface area (Å²) in [6.07, 6.45) is 0.272. The summed E-state index contributed by atoms with van der Waals surface area (Å²) in [5, 5.41) is 44.7. The van der Waals surface area contributed by atoms with E-state index in [1.54, 1.807) is 20.2 Å². The summed E-state index contributed by atoms with van der Waals surface area (Å²) >= 11 is 0. The van der Waals surface area contributed by atoms with Gasteiger partial charge in [0.1, 0.15) is 22.8 Å². The molecule has 0 saturated carbocycles. The van der Waals surface area contributed by atoms with Gasteiger partial charge in [-0.2, -0.15) is 0 Å². The maximum absolute atomic E-state index is 13.9. The first-order valence-corrected chi connectivity index (χ1v) is 12.6. The molecule has 0 fully saturated rings. The van der Waals surface area contributed by atoms with Crippen LogP contribution in [0.3, 0.4) is 0 Å². The molecule has 3 aliphatic carbocycles. The molecule has 3 aliphatic rings. The number of aromatic hydroxyl groups is 1. The lowest BCUT2D eigenvalue weighted by Crippen LogP contribution is -2.63. The Balaban J connectivity index is 1.69. The minimum atomic E-state index is -2.65. The number of hydrogen-bond acceptors (Lipinski definition) is 9. The van der Waals surface area contributed by atoms with Gasteiger partial charge in [-0.1, -0.05) is 18.2 Å². The third kappa shape index (κ3) is 3.66. The SMILES string of the molecule is CN(C)c1ccc(-c2ccc(O)c3c2CC2CC4C(N(C)C)C(O)=C(C(N)=O)C(=O)C4(O)C(O)=C2C3=O)cc1. The van der Waals surface area contributed by atoms with Gasteiger partial charge in [0.15, 0.2) is 11.4 Å². The minimum Gasteiger partial charge on any atom is -0.510 e. The highest BCUT2D eigenvalue weighted by Gasteiger charge is 2.63. The van der Waals surface area contributed by atoms with Crippen LogP contribution in [0.1, 0.15) is 22.3 Å². The van der Waals surface area contributed by atoms with E-state index in [9.17, 15) is 34.8 Å². The Morgan fingerprint density at radius 3 is 2.21 bits per heavy atom. The number of amides is 1. The maximum atomic E-state index is 13.9. The fraction of sp³-hybridized carbons (Fsp3) is 0.345. The van der Waals surface area contributed by atoms with E-state index in [4.69, 9.17) is 5.73 Å². The number of fused-ring (bicyclic) bond motifs is 3. The number of allylic oxidation sites excluding steroid dienone is 1. The van der Waals surface area contributed by atoms with Gasteiger partial charge >= 0.3 is 0 Å². The summed E-state index contributed by atoms with van der Waals surface area (Å²) in [6.45, 7) is 0. The molecule has 4 atom stereocenters. The Kier molecular flexibility index (Phi) is 6.08. The number of nitrogens with zero attached hydrogens (tertiary/aromatic N) is 2. The highest BCUT2D eigenvalue weighted by Crippen LogP contribution is 2.53. The molecule has 2 aromatic rings. The van der Waals surface area contributed by atoms with Gasteiger partial charge in [-0.05, 0) is 67.7 Å². The van der Waals surface area contributed by atoms with Crippen LogP contribution < -0.4 is 10.6 Å². The summed E-state index contributed by atoms with van der Waals surface area (Å²) in [4.78, 5) is 42.8. The van der Waals surface area contributed by atoms with E-state index in [1.807, 2.05) is 43.3 Å². The molecule has 10 nitrogen and oxygen atoms in total. The van der Waals surface area contributed by atoms with Crippen LogP contribution in [0.4, 0.5) is 5.69 Å². The molecule has 0 bridgehead atoms. The first-order valence-electron chi connectivity index (χ1n) is 12.6. The van der Waals surface area contributed by atoms with Crippen molar-refractivity contribution in [2.24, 2.45) is 17.6 Å². The molecule has 0 aromatic heterocycles. The predicted octanol–water partition coefficient (Wildman–Crippen LogP) is 1.85. The van der Waals surface area contributed by atoms with E-state index in [2.05, 4.69) is 0 Å². The first-order chi connectivity index (χ1) is 18.3. The van der Waals surface area contributed by atoms with Crippen LogP contribution in [0.2, 0.25) is 0 Å². The number of rotatable bonds is 4. The maximum Gasteiger partial charge on any atom is 0.255 e. The normalized spacial score (nSPS) is 26.4. The van der Waals surface area contributed by atoms with Crippen LogP contribution in [0.5, 0.6) is 5.75 Å². The summed E-state index contributed by atoms with van der Waals surface area (Å²) < 4.78 is 0. The minimum absolute atomic E-state index is 0.00929. The zero-order valence-electron chi connectivity index (χ0n) is 22.1. The Labute approximate surface area is 225 Å². The van der Waals surface area contributed by atoms with Crippen molar-refractivity contribution in [2.45, 2.75) is 24.5 Å². The molecule has 1 amide bonds. The number of benzene rings is 2. The van der Waals surface area contributed by atoms with Crippen molar-refractivity contribution in [1.82, 2.24) is 4.90 Å². The molecule has 4 unspecified atom stereocenters. The van der Waals surface area contributed by atoms with Crippen LogP contribution in [0, 0.1) is 11.8 Å². The summed E-state index contributed by atoms with van der Waals surface area (Å²) in [6, 6.07) is 9.84. The monoisotopic (exact) mass is 533 g/mol. The van der Waals surface area contributed by atoms with E-state index in [-0.39, 0.29) is 29.7 Å². The summed E-state index contributed by atoms with van der Waals surface area (Å²) in [5.74, 6) is -6.65. The fourth-order valence-electron chi connectivity index (χ4n) is 6.46. The standard InChI is InChI=1S/C29H31N3O7/c1-31(2)15-7-5-13(6-8-15)16-9-10-19(33)21-17(16)11-14-12-18-23(32(3)4)25(35)22(28(30)38)27(37)29(18,39)26(36)20(14)24(21)34/h5-10,14,18,23,33,35-36,39H,11-12H2,1-4H3,(H2,30,38). The average molecular weight is 534 g/mol. The van der Waals surface area contributed by atoms with Gasteiger partial charge in [0.25, 0.3) is 5.91 Å². The molecule has 2 aromatic carbocycles. The van der Waals surface area contributed by atoms with E-state index in [1.165, 1.54) is 11.0 Å². The fourth-order valence-corrected chi connectivity index (χ4v) is 6.46. The van der Waals surface area contributed by atoms with Crippen molar-refractivity contribution in [1.29, 1.82) is 0 Å². The first kappa shape index (κ1) is 26.5. The summed E-state index contributed by atoms with van der Waals surface area (Å²) in [5.41, 5.74) is 4.86. The van der Waals surface area contributed by atoms with Gasteiger partial charge in [-0.15, -0.1) is 0 Å². The lowest BCUT2D eigenvalue weighted by atomic mass is 9.58. The lowest BCUT2D eigenvalue weighted by Gasteiger charge is -2.50. The number of phenols is 1. The van der Waals surface area contributed by atoms with E-state index in [0.717, 1.165) is 16.8 Å². The Bertz CT molecular complexity index is 1490. The van der Waals surface area contributed by atoms with E-state index >= 15 is 0 Å². The van der Waals surface area contributed by atoms with Crippen molar-refractivity contribution in [3.8, 4) is 16.9 Å². The molecule has 204 valence electrons. The zero-order chi connectivity index (χ0) is 28.5. The molecule has 0 heterocycles. The lowest BCUT2D eigenvalue weighted by molar-refractivity contribution is -0.148. The molecule has 6 N–H and O–H groups in total. The number of Topliss-reactive ketones (excluding diaryl/α,β-unsaturated/α-hetero) is 2. The quantitative estimate of drug-likeness (QED) is 0.369. The molecule has 39 heavy (non-hydrogen) atoms. The Morgan fingerprint density at radius 1 is 1.00 bits per heavy atom. The molecule has 10 heteroatoms. The van der Waals surface area contributed by atoms with Crippen LogP contribution in [0.15, 0.2) is 59.1 Å². The van der Waals surface area contributed by atoms with Gasteiger partial charge < -0.3 is 31.1 Å². The van der Waals surface area contributed by atoms with Crippen molar-refractivity contribution in [2.75, 3.05) is 33.1 Å². The molecular weight excluding hydrogens is 502 g/mol. The van der Waals surface area contributed by atoms with Gasteiger partial charge in [0.2, 0.25) is 5.78 Å². The zero-order valence-corrected chi connectivity index (χ0v) is 22.1. The molecule has 5 rings (SSSR count). The smallest absolute Gasteiger partial charge is 0.255 e. The van der Waals surface area contributed by atoms with Crippen molar-refractivity contribution < 1.29 is 34.8 Å². The van der Waals surface area contributed by atoms with Crippen LogP contribution in [0.25, 0.3) is 11.1 Å². The average Bonchev–Trinajstić information content (AvgIpc) is 2.86. The molecule has 0 aliphatic heterocycles. The third-order valence-electron chi connectivity index (χ3n) is 8.30. The molecule has 0 spiro atoms. The second-order valence-corrected chi connectivity index (χ2v) is 10.9. The van der Waals surface area contributed by atoms with Gasteiger partial charge in [0.05, 0.1) is 11.6 Å².